The molecule has 0 saturated heterocycles. The number of aromatic nitrogens is 3. The summed E-state index contributed by atoms with van der Waals surface area (Å²) in [5.41, 5.74) is 2.93. The number of hydrogen-bond donors (Lipinski definition) is 1. The van der Waals surface area contributed by atoms with Gasteiger partial charge in [-0.05, 0) is 51.0 Å². The molecule has 2 aromatic heterocycles. The van der Waals surface area contributed by atoms with Crippen LogP contribution in [0.2, 0.25) is 0 Å². The lowest BCUT2D eigenvalue weighted by atomic mass is 9.85. The molecule has 150 valence electrons. The van der Waals surface area contributed by atoms with Crippen LogP contribution in [0.15, 0.2) is 42.6 Å². The van der Waals surface area contributed by atoms with Crippen LogP contribution in [-0.2, 0) is 4.79 Å². The van der Waals surface area contributed by atoms with Crippen molar-refractivity contribution in [3.05, 3.63) is 48.2 Å². The predicted octanol–water partition coefficient (Wildman–Crippen LogP) is 3.62. The monoisotopic (exact) mass is 391 g/mol. The van der Waals surface area contributed by atoms with Gasteiger partial charge in [0.15, 0.2) is 11.5 Å². The Hall–Kier alpha value is -3.22. The van der Waals surface area contributed by atoms with E-state index < -0.39 is 0 Å². The second-order valence-electron chi connectivity index (χ2n) is 7.34. The molecule has 1 saturated carbocycles. The second-order valence-corrected chi connectivity index (χ2v) is 7.34. The highest BCUT2D eigenvalue weighted by atomic mass is 16.2. The van der Waals surface area contributed by atoms with Gasteiger partial charge in [-0.1, -0.05) is 18.6 Å². The van der Waals surface area contributed by atoms with Crippen molar-refractivity contribution in [2.75, 3.05) is 18.4 Å². The van der Waals surface area contributed by atoms with Crippen molar-refractivity contribution in [1.29, 1.82) is 0 Å². The fourth-order valence-corrected chi connectivity index (χ4v) is 3.53. The van der Waals surface area contributed by atoms with Crippen molar-refractivity contribution in [3.8, 4) is 11.4 Å². The zero-order valence-electron chi connectivity index (χ0n) is 16.8. The Morgan fingerprint density at radius 1 is 1.07 bits per heavy atom. The van der Waals surface area contributed by atoms with Gasteiger partial charge >= 0.3 is 0 Å². The molecule has 1 aliphatic carbocycles. The molecular formula is C22H25N5O2. The van der Waals surface area contributed by atoms with Gasteiger partial charge in [0.25, 0.3) is 5.91 Å². The third-order valence-corrected chi connectivity index (χ3v) is 5.59. The Kier molecular flexibility index (Phi) is 5.29. The van der Waals surface area contributed by atoms with Crippen molar-refractivity contribution >= 4 is 23.1 Å². The van der Waals surface area contributed by atoms with Gasteiger partial charge in [-0.15, -0.1) is 10.2 Å². The molecule has 0 unspecified atom stereocenters. The highest BCUT2D eigenvalue weighted by Gasteiger charge is 2.25. The van der Waals surface area contributed by atoms with E-state index in [0.29, 0.717) is 30.1 Å². The highest BCUT2D eigenvalue weighted by molar-refractivity contribution is 5.95. The van der Waals surface area contributed by atoms with Crippen LogP contribution in [0.25, 0.3) is 17.0 Å². The lowest BCUT2D eigenvalue weighted by molar-refractivity contribution is -0.122. The molecule has 1 aromatic carbocycles. The molecule has 0 bridgehead atoms. The summed E-state index contributed by atoms with van der Waals surface area (Å²) < 4.78 is 1.86. The molecule has 0 radical (unpaired) electrons. The number of benzene rings is 1. The summed E-state index contributed by atoms with van der Waals surface area (Å²) in [5.74, 6) is 0.890. The van der Waals surface area contributed by atoms with Gasteiger partial charge in [-0.3, -0.25) is 14.0 Å². The van der Waals surface area contributed by atoms with Gasteiger partial charge in [0.2, 0.25) is 5.91 Å². The average molecular weight is 391 g/mol. The number of fused-ring (bicyclic) bond motifs is 1. The lowest BCUT2D eigenvalue weighted by Crippen LogP contribution is -2.30. The summed E-state index contributed by atoms with van der Waals surface area (Å²) >= 11 is 0. The zero-order valence-corrected chi connectivity index (χ0v) is 16.8. The van der Waals surface area contributed by atoms with Crippen LogP contribution in [0, 0.1) is 5.92 Å². The van der Waals surface area contributed by atoms with E-state index in [1.807, 2.05) is 60.8 Å². The highest BCUT2D eigenvalue weighted by Crippen LogP contribution is 2.28. The Morgan fingerprint density at radius 3 is 2.41 bits per heavy atom. The van der Waals surface area contributed by atoms with Crippen LogP contribution in [0.1, 0.15) is 43.5 Å². The van der Waals surface area contributed by atoms with Crippen molar-refractivity contribution < 1.29 is 9.59 Å². The molecule has 0 spiro atoms. The van der Waals surface area contributed by atoms with E-state index in [9.17, 15) is 9.59 Å². The van der Waals surface area contributed by atoms with Gasteiger partial charge in [0, 0.05) is 36.3 Å². The summed E-state index contributed by atoms with van der Waals surface area (Å²) in [7, 11) is 0. The first-order valence-corrected chi connectivity index (χ1v) is 10.2. The molecule has 29 heavy (non-hydrogen) atoms. The number of hydrogen-bond acceptors (Lipinski definition) is 4. The maximum absolute atomic E-state index is 12.5. The maximum Gasteiger partial charge on any atom is 0.253 e. The first-order valence-electron chi connectivity index (χ1n) is 10.2. The molecule has 7 nitrogen and oxygen atoms in total. The Bertz CT molecular complexity index is 1030. The van der Waals surface area contributed by atoms with Gasteiger partial charge < -0.3 is 10.2 Å². The first-order chi connectivity index (χ1) is 14.1. The fraction of sp³-hybridized carbons (Fsp3) is 0.364. The molecule has 1 aliphatic rings. The van der Waals surface area contributed by atoms with Crippen LogP contribution in [0.3, 0.4) is 0 Å². The standard InChI is InChI=1S/C22H25N5O2/c1-3-26(4-2)22(29)17-10-8-15(9-11-17)20-25-24-19-13-12-18(14-27(19)20)23-21(28)16-6-5-7-16/h8-14,16H,3-7H2,1-2H3,(H,23,28). The van der Waals surface area contributed by atoms with E-state index in [1.165, 1.54) is 0 Å². The van der Waals surface area contributed by atoms with E-state index in [4.69, 9.17) is 0 Å². The topological polar surface area (TPSA) is 79.6 Å². The van der Waals surface area contributed by atoms with Gasteiger partial charge in [0.1, 0.15) is 0 Å². The molecule has 0 aliphatic heterocycles. The number of carbonyl (C=O) groups excluding carboxylic acids is 2. The molecular weight excluding hydrogens is 366 g/mol. The number of nitrogens with one attached hydrogen (secondary N) is 1. The van der Waals surface area contributed by atoms with E-state index >= 15 is 0 Å². The Balaban J connectivity index is 1.59. The van der Waals surface area contributed by atoms with Crippen molar-refractivity contribution in [2.45, 2.75) is 33.1 Å². The third-order valence-electron chi connectivity index (χ3n) is 5.59. The fourth-order valence-electron chi connectivity index (χ4n) is 3.53. The number of amides is 2. The Labute approximate surface area is 169 Å². The summed E-state index contributed by atoms with van der Waals surface area (Å²) in [6, 6.07) is 11.1. The molecule has 0 atom stereocenters. The van der Waals surface area contributed by atoms with E-state index in [0.717, 1.165) is 30.5 Å². The van der Waals surface area contributed by atoms with Crippen LogP contribution in [0.4, 0.5) is 5.69 Å². The summed E-state index contributed by atoms with van der Waals surface area (Å²) in [4.78, 5) is 26.5. The second kappa shape index (κ2) is 8.03. The largest absolute Gasteiger partial charge is 0.339 e. The van der Waals surface area contributed by atoms with Crippen molar-refractivity contribution in [3.63, 3.8) is 0 Å². The number of pyridine rings is 1. The van der Waals surface area contributed by atoms with Crippen LogP contribution >= 0.6 is 0 Å². The summed E-state index contributed by atoms with van der Waals surface area (Å²) in [6.07, 6.45) is 4.89. The van der Waals surface area contributed by atoms with Gasteiger partial charge in [-0.2, -0.15) is 0 Å². The summed E-state index contributed by atoms with van der Waals surface area (Å²) in [5, 5.41) is 11.5. The summed E-state index contributed by atoms with van der Waals surface area (Å²) in [6.45, 7) is 5.31. The number of rotatable bonds is 6. The average Bonchev–Trinajstić information content (AvgIpc) is 3.11. The number of nitrogens with zero attached hydrogens (tertiary/aromatic N) is 4. The van der Waals surface area contributed by atoms with Crippen molar-refractivity contribution in [1.82, 2.24) is 19.5 Å². The maximum atomic E-state index is 12.5. The predicted molar refractivity (Wildman–Crippen MR) is 112 cm³/mol. The number of anilines is 1. The van der Waals surface area contributed by atoms with Crippen LogP contribution in [-0.4, -0.2) is 44.4 Å². The molecule has 2 amide bonds. The normalized spacial score (nSPS) is 13.9. The Morgan fingerprint density at radius 2 is 1.79 bits per heavy atom. The molecule has 1 fully saturated rings. The van der Waals surface area contributed by atoms with Crippen LogP contribution in [0.5, 0.6) is 0 Å². The molecule has 1 N–H and O–H groups in total. The van der Waals surface area contributed by atoms with Crippen molar-refractivity contribution in [2.24, 2.45) is 5.92 Å². The van der Waals surface area contributed by atoms with E-state index in [2.05, 4.69) is 15.5 Å². The lowest BCUT2D eigenvalue weighted by Gasteiger charge is -2.24. The van der Waals surface area contributed by atoms with Gasteiger partial charge in [0.05, 0.1) is 5.69 Å². The minimum Gasteiger partial charge on any atom is -0.339 e. The molecule has 7 heteroatoms. The van der Waals surface area contributed by atoms with Crippen LogP contribution < -0.4 is 5.32 Å². The smallest absolute Gasteiger partial charge is 0.253 e. The quantitative estimate of drug-likeness (QED) is 0.696. The minimum atomic E-state index is 0.0219. The molecule has 3 aromatic rings. The van der Waals surface area contributed by atoms with Gasteiger partial charge in [-0.25, -0.2) is 0 Å². The third kappa shape index (κ3) is 3.72. The SMILES string of the molecule is CCN(CC)C(=O)c1ccc(-c2nnc3ccc(NC(=O)C4CCC4)cn23)cc1. The molecule has 4 rings (SSSR count). The first kappa shape index (κ1) is 19.1. The van der Waals surface area contributed by atoms with E-state index in [-0.39, 0.29) is 17.7 Å². The number of carbonyl (C=O) groups is 2. The minimum absolute atomic E-state index is 0.0219. The zero-order chi connectivity index (χ0) is 20.4. The molecule has 2 heterocycles. The van der Waals surface area contributed by atoms with E-state index in [1.54, 1.807) is 4.90 Å².